The van der Waals surface area contributed by atoms with Crippen molar-refractivity contribution in [2.45, 2.75) is 46.6 Å². The zero-order valence-corrected chi connectivity index (χ0v) is 11.2. The van der Waals surface area contributed by atoms with Gasteiger partial charge in [0, 0.05) is 6.04 Å². The maximum Gasteiger partial charge on any atom is 0.151 e. The molecule has 0 aliphatic heterocycles. The van der Waals surface area contributed by atoms with Crippen LogP contribution in [-0.2, 0) is 9.84 Å². The summed E-state index contributed by atoms with van der Waals surface area (Å²) in [6.07, 6.45) is 1.80. The molecule has 0 aromatic carbocycles. The smallest absolute Gasteiger partial charge is 0.151 e. The highest BCUT2D eigenvalue weighted by Gasteiger charge is 2.15. The van der Waals surface area contributed by atoms with Gasteiger partial charge in [-0.25, -0.2) is 8.42 Å². The number of sulfone groups is 1. The first-order chi connectivity index (χ1) is 6.87. The van der Waals surface area contributed by atoms with Gasteiger partial charge >= 0.3 is 0 Å². The van der Waals surface area contributed by atoms with E-state index in [0.717, 1.165) is 19.4 Å². The van der Waals surface area contributed by atoms with Crippen molar-refractivity contribution in [3.05, 3.63) is 0 Å². The quantitative estimate of drug-likeness (QED) is 0.698. The molecular weight excluding hydrogens is 210 g/mol. The molecule has 0 rings (SSSR count). The fourth-order valence-corrected chi connectivity index (χ4v) is 3.21. The first-order valence-corrected chi connectivity index (χ1v) is 7.63. The molecule has 0 heterocycles. The lowest BCUT2D eigenvalue weighted by atomic mass is 10.2. The molecule has 0 spiro atoms. The molecule has 0 saturated carbocycles. The summed E-state index contributed by atoms with van der Waals surface area (Å²) in [7, 11) is -2.87. The monoisotopic (exact) mass is 235 g/mol. The molecule has 1 unspecified atom stereocenters. The second-order valence-electron chi connectivity index (χ2n) is 4.65. The second kappa shape index (κ2) is 7.23. The molecule has 0 aliphatic rings. The van der Waals surface area contributed by atoms with E-state index >= 15 is 0 Å². The third kappa shape index (κ3) is 8.88. The van der Waals surface area contributed by atoms with Crippen LogP contribution >= 0.6 is 0 Å². The van der Waals surface area contributed by atoms with Gasteiger partial charge in [0.1, 0.15) is 0 Å². The average molecular weight is 235 g/mol. The lowest BCUT2D eigenvalue weighted by molar-refractivity contribution is 0.545. The van der Waals surface area contributed by atoms with Crippen molar-refractivity contribution in [1.82, 2.24) is 5.32 Å². The molecule has 0 aromatic rings. The van der Waals surface area contributed by atoms with E-state index in [1.54, 1.807) is 0 Å². The summed E-state index contributed by atoms with van der Waals surface area (Å²) >= 11 is 0. The minimum absolute atomic E-state index is 0.0714. The Labute approximate surface area is 94.6 Å². The van der Waals surface area contributed by atoms with Crippen LogP contribution in [0.15, 0.2) is 0 Å². The molecule has 1 atom stereocenters. The lowest BCUT2D eigenvalue weighted by Crippen LogP contribution is -2.34. The molecule has 0 saturated heterocycles. The summed E-state index contributed by atoms with van der Waals surface area (Å²) in [6.45, 7) is 9.00. The van der Waals surface area contributed by atoms with Crippen LogP contribution in [0, 0.1) is 5.92 Å². The number of nitrogens with one attached hydrogen (secondary N) is 1. The largest absolute Gasteiger partial charge is 0.313 e. The fourth-order valence-electron chi connectivity index (χ4n) is 1.33. The van der Waals surface area contributed by atoms with Gasteiger partial charge in [-0.15, -0.1) is 0 Å². The van der Waals surface area contributed by atoms with Gasteiger partial charge in [0.2, 0.25) is 0 Å². The Balaban J connectivity index is 3.91. The lowest BCUT2D eigenvalue weighted by Gasteiger charge is -2.13. The Morgan fingerprint density at radius 1 is 1.20 bits per heavy atom. The third-order valence-corrected chi connectivity index (χ3v) is 4.12. The van der Waals surface area contributed by atoms with Crippen molar-refractivity contribution in [1.29, 1.82) is 0 Å². The van der Waals surface area contributed by atoms with Crippen LogP contribution < -0.4 is 5.32 Å². The van der Waals surface area contributed by atoms with E-state index in [1.165, 1.54) is 0 Å². The zero-order chi connectivity index (χ0) is 11.9. The molecule has 15 heavy (non-hydrogen) atoms. The highest BCUT2D eigenvalue weighted by atomic mass is 32.2. The van der Waals surface area contributed by atoms with Gasteiger partial charge in [-0.05, 0) is 32.2 Å². The molecule has 0 aliphatic carbocycles. The van der Waals surface area contributed by atoms with Crippen LogP contribution in [0.3, 0.4) is 0 Å². The van der Waals surface area contributed by atoms with Crippen LogP contribution in [0.2, 0.25) is 0 Å². The van der Waals surface area contributed by atoms with Crippen LogP contribution in [0.25, 0.3) is 0 Å². The van der Waals surface area contributed by atoms with Crippen molar-refractivity contribution < 1.29 is 8.42 Å². The molecule has 0 fully saturated rings. The van der Waals surface area contributed by atoms with Crippen molar-refractivity contribution in [2.75, 3.05) is 18.1 Å². The molecule has 3 nitrogen and oxygen atoms in total. The van der Waals surface area contributed by atoms with E-state index < -0.39 is 9.84 Å². The molecule has 0 bridgehead atoms. The van der Waals surface area contributed by atoms with E-state index in [9.17, 15) is 8.42 Å². The van der Waals surface area contributed by atoms with Crippen LogP contribution in [0.4, 0.5) is 0 Å². The molecule has 0 amide bonds. The topological polar surface area (TPSA) is 46.2 Å². The average Bonchev–Trinajstić information content (AvgIpc) is 2.11. The van der Waals surface area contributed by atoms with Crippen LogP contribution in [0.1, 0.15) is 40.5 Å². The van der Waals surface area contributed by atoms with Crippen LogP contribution in [0.5, 0.6) is 0 Å². The summed E-state index contributed by atoms with van der Waals surface area (Å²) in [5.41, 5.74) is 0. The molecule has 92 valence electrons. The maximum atomic E-state index is 11.7. The van der Waals surface area contributed by atoms with E-state index in [2.05, 4.69) is 12.2 Å². The van der Waals surface area contributed by atoms with Gasteiger partial charge in [0.05, 0.1) is 11.5 Å². The Hall–Kier alpha value is -0.0900. The summed E-state index contributed by atoms with van der Waals surface area (Å²) in [6, 6.07) is 0.0714. The van der Waals surface area contributed by atoms with E-state index in [4.69, 9.17) is 0 Å². The molecular formula is C11H25NO2S. The Bertz CT molecular complexity index is 247. The minimum atomic E-state index is -2.87. The van der Waals surface area contributed by atoms with Gasteiger partial charge in [-0.3, -0.25) is 0 Å². The predicted octanol–water partition coefficient (Wildman–Crippen LogP) is 1.84. The first-order valence-electron chi connectivity index (χ1n) is 5.81. The van der Waals surface area contributed by atoms with Crippen molar-refractivity contribution in [3.63, 3.8) is 0 Å². The molecule has 1 N–H and O–H groups in total. The third-order valence-electron chi connectivity index (χ3n) is 2.25. The summed E-state index contributed by atoms with van der Waals surface area (Å²) in [4.78, 5) is 0. The highest BCUT2D eigenvalue weighted by Crippen LogP contribution is 2.04. The van der Waals surface area contributed by atoms with Crippen molar-refractivity contribution in [3.8, 4) is 0 Å². The zero-order valence-electron chi connectivity index (χ0n) is 10.4. The Kier molecular flexibility index (Phi) is 7.18. The van der Waals surface area contributed by atoms with Crippen molar-refractivity contribution >= 4 is 9.84 Å². The van der Waals surface area contributed by atoms with Crippen LogP contribution in [-0.4, -0.2) is 32.5 Å². The summed E-state index contributed by atoms with van der Waals surface area (Å²) in [5.74, 6) is 1.04. The highest BCUT2D eigenvalue weighted by molar-refractivity contribution is 7.91. The standard InChI is InChI=1S/C11H25NO2S/c1-5-7-12-11(4)9-15(13,14)8-6-10(2)3/h10-12H,5-9H2,1-4H3. The molecule has 0 aromatic heterocycles. The van der Waals surface area contributed by atoms with Gasteiger partial charge in [-0.2, -0.15) is 0 Å². The molecule has 4 heteroatoms. The van der Waals surface area contributed by atoms with Gasteiger partial charge in [0.15, 0.2) is 9.84 Å². The Morgan fingerprint density at radius 3 is 2.27 bits per heavy atom. The second-order valence-corrected chi connectivity index (χ2v) is 6.88. The SMILES string of the molecule is CCCNC(C)CS(=O)(=O)CCC(C)C. The van der Waals surface area contributed by atoms with Gasteiger partial charge in [0.25, 0.3) is 0 Å². The maximum absolute atomic E-state index is 11.7. The number of hydrogen-bond donors (Lipinski definition) is 1. The van der Waals surface area contributed by atoms with E-state index in [-0.39, 0.29) is 11.8 Å². The number of rotatable bonds is 8. The van der Waals surface area contributed by atoms with Crippen molar-refractivity contribution in [2.24, 2.45) is 5.92 Å². The first kappa shape index (κ1) is 14.9. The molecule has 0 radical (unpaired) electrons. The number of hydrogen-bond acceptors (Lipinski definition) is 3. The van der Waals surface area contributed by atoms with Gasteiger partial charge in [-0.1, -0.05) is 20.8 Å². The predicted molar refractivity (Wildman–Crippen MR) is 65.9 cm³/mol. The normalized spacial score (nSPS) is 14.5. The van der Waals surface area contributed by atoms with E-state index in [1.807, 2.05) is 20.8 Å². The van der Waals surface area contributed by atoms with Gasteiger partial charge < -0.3 is 5.32 Å². The Morgan fingerprint density at radius 2 is 1.80 bits per heavy atom. The summed E-state index contributed by atoms with van der Waals surface area (Å²) in [5, 5.41) is 3.20. The fraction of sp³-hybridized carbons (Fsp3) is 1.00. The minimum Gasteiger partial charge on any atom is -0.313 e. The van der Waals surface area contributed by atoms with E-state index in [0.29, 0.717) is 11.7 Å². The summed E-state index contributed by atoms with van der Waals surface area (Å²) < 4.78 is 23.3.